The first-order chi connectivity index (χ1) is 9.31. The Kier molecular flexibility index (Phi) is 5.59. The summed E-state index contributed by atoms with van der Waals surface area (Å²) >= 11 is 0. The fourth-order valence-corrected chi connectivity index (χ4v) is 1.48. The van der Waals surface area contributed by atoms with Crippen molar-refractivity contribution >= 4 is 11.6 Å². The maximum atomic E-state index is 12.0. The maximum Gasteiger partial charge on any atom is 0.389 e. The lowest BCUT2D eigenvalue weighted by Crippen LogP contribution is -2.17. The highest BCUT2D eigenvalue weighted by Gasteiger charge is 2.27. The van der Waals surface area contributed by atoms with Crippen molar-refractivity contribution in [3.8, 4) is 11.8 Å². The molecule has 0 saturated heterocycles. The SMILES string of the molecule is Cc1ccc(NC(=O)CCC(F)(F)F)c(C#CCN)c1. The number of carbonyl (C=O) groups excluding carboxylic acids is 1. The first-order valence-corrected chi connectivity index (χ1v) is 5.98. The molecule has 1 aromatic carbocycles. The number of carbonyl (C=O) groups is 1. The van der Waals surface area contributed by atoms with Gasteiger partial charge in [0.1, 0.15) is 0 Å². The summed E-state index contributed by atoms with van der Waals surface area (Å²) in [7, 11) is 0. The second-order valence-corrected chi connectivity index (χ2v) is 4.22. The van der Waals surface area contributed by atoms with Crippen molar-refractivity contribution in [3.05, 3.63) is 29.3 Å². The summed E-state index contributed by atoms with van der Waals surface area (Å²) in [6, 6.07) is 5.09. The lowest BCUT2D eigenvalue weighted by atomic mass is 10.1. The van der Waals surface area contributed by atoms with Gasteiger partial charge in [-0.15, -0.1) is 0 Å². The fraction of sp³-hybridized carbons (Fsp3) is 0.357. The molecule has 20 heavy (non-hydrogen) atoms. The van der Waals surface area contributed by atoms with Gasteiger partial charge in [-0.1, -0.05) is 17.9 Å². The van der Waals surface area contributed by atoms with E-state index in [1.807, 2.05) is 6.92 Å². The monoisotopic (exact) mass is 284 g/mol. The number of aryl methyl sites for hydroxylation is 1. The summed E-state index contributed by atoms with van der Waals surface area (Å²) in [6.45, 7) is 2.01. The highest BCUT2D eigenvalue weighted by Crippen LogP contribution is 2.22. The molecule has 0 aliphatic heterocycles. The molecule has 3 nitrogen and oxygen atoms in total. The number of anilines is 1. The van der Waals surface area contributed by atoms with E-state index in [1.165, 1.54) is 0 Å². The number of halogens is 3. The quantitative estimate of drug-likeness (QED) is 0.838. The second kappa shape index (κ2) is 6.96. The Hall–Kier alpha value is -2.00. The number of amides is 1. The molecule has 0 spiro atoms. The minimum atomic E-state index is -4.34. The molecular formula is C14H15F3N2O. The molecule has 1 rings (SSSR count). The molecule has 0 atom stereocenters. The molecule has 0 heterocycles. The van der Waals surface area contributed by atoms with Gasteiger partial charge >= 0.3 is 6.18 Å². The largest absolute Gasteiger partial charge is 0.389 e. The average Bonchev–Trinajstić information content (AvgIpc) is 2.36. The maximum absolute atomic E-state index is 12.0. The third-order valence-corrected chi connectivity index (χ3v) is 2.41. The van der Waals surface area contributed by atoms with Crippen LogP contribution < -0.4 is 11.1 Å². The Morgan fingerprint density at radius 2 is 2.10 bits per heavy atom. The summed E-state index contributed by atoms with van der Waals surface area (Å²) in [6.07, 6.45) is -6.09. The number of hydrogen-bond acceptors (Lipinski definition) is 2. The van der Waals surface area contributed by atoms with Crippen molar-refractivity contribution in [2.45, 2.75) is 25.9 Å². The standard InChI is InChI=1S/C14H15F3N2O/c1-10-4-5-12(11(9-10)3-2-8-18)19-13(20)6-7-14(15,16)17/h4-5,9H,6-8,18H2,1H3,(H,19,20). The molecule has 0 aliphatic carbocycles. The zero-order valence-corrected chi connectivity index (χ0v) is 11.0. The van der Waals surface area contributed by atoms with E-state index in [0.717, 1.165) is 5.56 Å². The molecule has 0 aliphatic rings. The molecule has 0 aromatic heterocycles. The summed E-state index contributed by atoms with van der Waals surface area (Å²) in [5.74, 6) is 4.74. The van der Waals surface area contributed by atoms with Gasteiger partial charge in [0, 0.05) is 12.0 Å². The van der Waals surface area contributed by atoms with Crippen LogP contribution in [0.4, 0.5) is 18.9 Å². The molecule has 0 radical (unpaired) electrons. The van der Waals surface area contributed by atoms with Crippen LogP contribution in [0.25, 0.3) is 0 Å². The molecular weight excluding hydrogens is 269 g/mol. The first kappa shape index (κ1) is 16.1. The van der Waals surface area contributed by atoms with Crippen LogP contribution in [0.15, 0.2) is 18.2 Å². The number of alkyl halides is 3. The van der Waals surface area contributed by atoms with Crippen LogP contribution in [0, 0.1) is 18.8 Å². The summed E-state index contributed by atoms with van der Waals surface area (Å²) in [4.78, 5) is 11.5. The first-order valence-electron chi connectivity index (χ1n) is 5.98. The number of hydrogen-bond donors (Lipinski definition) is 2. The number of benzene rings is 1. The third-order valence-electron chi connectivity index (χ3n) is 2.41. The highest BCUT2D eigenvalue weighted by atomic mass is 19.4. The van der Waals surface area contributed by atoms with E-state index in [1.54, 1.807) is 18.2 Å². The minimum absolute atomic E-state index is 0.162. The Balaban J connectivity index is 2.79. The molecule has 0 unspecified atom stereocenters. The van der Waals surface area contributed by atoms with E-state index in [0.29, 0.717) is 11.3 Å². The number of nitrogens with two attached hydrogens (primary N) is 1. The molecule has 0 fully saturated rings. The van der Waals surface area contributed by atoms with Crippen molar-refractivity contribution in [3.63, 3.8) is 0 Å². The Morgan fingerprint density at radius 1 is 1.40 bits per heavy atom. The second-order valence-electron chi connectivity index (χ2n) is 4.22. The van der Waals surface area contributed by atoms with Gasteiger partial charge in [0.2, 0.25) is 5.91 Å². The zero-order valence-electron chi connectivity index (χ0n) is 11.0. The Morgan fingerprint density at radius 3 is 2.70 bits per heavy atom. The summed E-state index contributed by atoms with van der Waals surface area (Å²) in [5.41, 5.74) is 7.14. The Bertz CT molecular complexity index is 542. The van der Waals surface area contributed by atoms with Crippen LogP contribution in [-0.4, -0.2) is 18.6 Å². The predicted molar refractivity (Wildman–Crippen MR) is 71.0 cm³/mol. The van der Waals surface area contributed by atoms with Gasteiger partial charge in [0.15, 0.2) is 0 Å². The Labute approximate surface area is 115 Å². The van der Waals surface area contributed by atoms with Crippen LogP contribution in [0.5, 0.6) is 0 Å². The molecule has 3 N–H and O–H groups in total. The topological polar surface area (TPSA) is 55.1 Å². The van der Waals surface area contributed by atoms with Gasteiger partial charge in [-0.25, -0.2) is 0 Å². The van der Waals surface area contributed by atoms with E-state index >= 15 is 0 Å². The van der Waals surface area contributed by atoms with Gasteiger partial charge in [0.05, 0.1) is 18.7 Å². The van der Waals surface area contributed by atoms with Crippen molar-refractivity contribution in [2.24, 2.45) is 5.73 Å². The molecule has 6 heteroatoms. The van der Waals surface area contributed by atoms with Crippen molar-refractivity contribution in [1.29, 1.82) is 0 Å². The van der Waals surface area contributed by atoms with Crippen LogP contribution >= 0.6 is 0 Å². The van der Waals surface area contributed by atoms with Crippen LogP contribution in [0.1, 0.15) is 24.0 Å². The van der Waals surface area contributed by atoms with Gasteiger partial charge in [-0.2, -0.15) is 13.2 Å². The van der Waals surface area contributed by atoms with Crippen molar-refractivity contribution < 1.29 is 18.0 Å². The van der Waals surface area contributed by atoms with E-state index in [4.69, 9.17) is 5.73 Å². The highest BCUT2D eigenvalue weighted by molar-refractivity contribution is 5.92. The predicted octanol–water partition coefficient (Wildman–Crippen LogP) is 2.59. The van der Waals surface area contributed by atoms with Crippen molar-refractivity contribution in [2.75, 3.05) is 11.9 Å². The van der Waals surface area contributed by atoms with Crippen LogP contribution in [0.2, 0.25) is 0 Å². The van der Waals surface area contributed by atoms with E-state index < -0.39 is 24.9 Å². The normalized spacial score (nSPS) is 10.7. The average molecular weight is 284 g/mol. The smallest absolute Gasteiger partial charge is 0.325 e. The van der Waals surface area contributed by atoms with Gasteiger partial charge < -0.3 is 11.1 Å². The summed E-state index contributed by atoms with van der Waals surface area (Å²) in [5, 5.41) is 2.44. The summed E-state index contributed by atoms with van der Waals surface area (Å²) < 4.78 is 36.1. The molecule has 0 saturated carbocycles. The number of rotatable bonds is 3. The molecule has 108 valence electrons. The van der Waals surface area contributed by atoms with E-state index in [-0.39, 0.29) is 6.54 Å². The third kappa shape index (κ3) is 5.76. The molecule has 0 bridgehead atoms. The zero-order chi connectivity index (χ0) is 15.2. The minimum Gasteiger partial charge on any atom is -0.325 e. The molecule has 1 aromatic rings. The lowest BCUT2D eigenvalue weighted by molar-refractivity contribution is -0.142. The van der Waals surface area contributed by atoms with Crippen LogP contribution in [0.3, 0.4) is 0 Å². The van der Waals surface area contributed by atoms with Gasteiger partial charge in [-0.3, -0.25) is 4.79 Å². The van der Waals surface area contributed by atoms with Crippen LogP contribution in [-0.2, 0) is 4.79 Å². The van der Waals surface area contributed by atoms with Gasteiger partial charge in [0.25, 0.3) is 0 Å². The van der Waals surface area contributed by atoms with Gasteiger partial charge in [-0.05, 0) is 24.6 Å². The van der Waals surface area contributed by atoms with Crippen molar-refractivity contribution in [1.82, 2.24) is 0 Å². The van der Waals surface area contributed by atoms with E-state index in [2.05, 4.69) is 17.2 Å². The lowest BCUT2D eigenvalue weighted by Gasteiger charge is -2.09. The molecule has 1 amide bonds. The van der Waals surface area contributed by atoms with E-state index in [9.17, 15) is 18.0 Å². The number of nitrogens with one attached hydrogen (secondary N) is 1. The fourth-order valence-electron chi connectivity index (χ4n) is 1.48.